The van der Waals surface area contributed by atoms with Crippen molar-refractivity contribution in [3.63, 3.8) is 0 Å². The fourth-order valence-corrected chi connectivity index (χ4v) is 2.53. The maximum absolute atomic E-state index is 12.2. The first-order valence-corrected chi connectivity index (χ1v) is 7.10. The monoisotopic (exact) mass is 332 g/mol. The summed E-state index contributed by atoms with van der Waals surface area (Å²) in [7, 11) is 0. The average molecular weight is 333 g/mol. The van der Waals surface area contributed by atoms with Crippen molar-refractivity contribution in [2.75, 3.05) is 18.5 Å². The van der Waals surface area contributed by atoms with Crippen molar-refractivity contribution >= 4 is 40.9 Å². The minimum absolute atomic E-state index is 0.00200. The van der Waals surface area contributed by atoms with Gasteiger partial charge in [0, 0.05) is 17.6 Å². The Morgan fingerprint density at radius 3 is 2.52 bits per heavy atom. The number of aliphatic hydroxyl groups is 1. The van der Waals surface area contributed by atoms with Crippen molar-refractivity contribution in [3.05, 3.63) is 27.7 Å². The Bertz CT molecular complexity index is 576. The van der Waals surface area contributed by atoms with E-state index in [0.29, 0.717) is 0 Å². The minimum atomic E-state index is -1.24. The van der Waals surface area contributed by atoms with E-state index in [-0.39, 0.29) is 40.5 Å². The van der Waals surface area contributed by atoms with Gasteiger partial charge in [-0.05, 0) is 25.0 Å². The molecule has 6 nitrogen and oxygen atoms in total. The summed E-state index contributed by atoms with van der Waals surface area (Å²) in [4.78, 5) is 24.9. The van der Waals surface area contributed by atoms with Gasteiger partial charge in [0.15, 0.2) is 0 Å². The summed E-state index contributed by atoms with van der Waals surface area (Å²) in [6.07, 6.45) is 1.74. The van der Waals surface area contributed by atoms with Crippen LogP contribution >= 0.6 is 23.2 Å². The second-order valence-corrected chi connectivity index (χ2v) is 5.54. The van der Waals surface area contributed by atoms with Crippen molar-refractivity contribution in [2.24, 2.45) is 0 Å². The number of amides is 2. The maximum atomic E-state index is 12.2. The number of aromatic carboxylic acids is 1. The molecule has 1 fully saturated rings. The fourth-order valence-electron chi connectivity index (χ4n) is 1.99. The molecule has 0 radical (unpaired) electrons. The van der Waals surface area contributed by atoms with Crippen LogP contribution in [0.2, 0.25) is 10.0 Å². The highest BCUT2D eigenvalue weighted by Crippen LogP contribution is 2.32. The molecular weight excluding hydrogens is 319 g/mol. The molecule has 1 aromatic rings. The zero-order valence-corrected chi connectivity index (χ0v) is 12.5. The van der Waals surface area contributed by atoms with Crippen LogP contribution in [0.15, 0.2) is 12.1 Å². The van der Waals surface area contributed by atoms with E-state index in [1.165, 1.54) is 17.0 Å². The molecule has 0 heterocycles. The molecule has 1 saturated carbocycles. The number of carbonyl (C=O) groups is 2. The van der Waals surface area contributed by atoms with Crippen molar-refractivity contribution < 1.29 is 19.8 Å². The molecule has 3 N–H and O–H groups in total. The molecule has 8 heteroatoms. The summed E-state index contributed by atoms with van der Waals surface area (Å²) < 4.78 is 0. The third-order valence-electron chi connectivity index (χ3n) is 3.11. The SMILES string of the molecule is O=C(O)c1cc(Cl)cc(Cl)c1NC(=O)N(CCO)C1CC1. The van der Waals surface area contributed by atoms with Crippen LogP contribution in [0.4, 0.5) is 10.5 Å². The fraction of sp³-hybridized carbons (Fsp3) is 0.385. The molecule has 0 bridgehead atoms. The van der Waals surface area contributed by atoms with Gasteiger partial charge in [-0.2, -0.15) is 0 Å². The summed E-state index contributed by atoms with van der Waals surface area (Å²) in [6.45, 7) is 0.0220. The molecule has 21 heavy (non-hydrogen) atoms. The van der Waals surface area contributed by atoms with Gasteiger partial charge < -0.3 is 20.4 Å². The summed E-state index contributed by atoms with van der Waals surface area (Å²) in [6, 6.07) is 2.17. The van der Waals surface area contributed by atoms with Crippen LogP contribution in [0.5, 0.6) is 0 Å². The quantitative estimate of drug-likeness (QED) is 0.773. The Balaban J connectivity index is 2.25. The Morgan fingerprint density at radius 1 is 1.33 bits per heavy atom. The second-order valence-electron chi connectivity index (χ2n) is 4.69. The van der Waals surface area contributed by atoms with Gasteiger partial charge in [-0.3, -0.25) is 0 Å². The summed E-state index contributed by atoms with van der Waals surface area (Å²) in [5, 5.41) is 20.9. The van der Waals surface area contributed by atoms with Gasteiger partial charge in [-0.1, -0.05) is 23.2 Å². The number of urea groups is 1. The van der Waals surface area contributed by atoms with Gasteiger partial charge in [-0.15, -0.1) is 0 Å². The number of aliphatic hydroxyl groups excluding tert-OH is 1. The van der Waals surface area contributed by atoms with E-state index in [1.54, 1.807) is 0 Å². The number of carboxylic acids is 1. The van der Waals surface area contributed by atoms with Crippen LogP contribution < -0.4 is 5.32 Å². The number of hydrogen-bond acceptors (Lipinski definition) is 3. The van der Waals surface area contributed by atoms with Gasteiger partial charge in [0.05, 0.1) is 22.9 Å². The first kappa shape index (κ1) is 15.9. The zero-order valence-electron chi connectivity index (χ0n) is 11.0. The van der Waals surface area contributed by atoms with Gasteiger partial charge in [0.25, 0.3) is 0 Å². The number of benzene rings is 1. The lowest BCUT2D eigenvalue weighted by atomic mass is 10.2. The average Bonchev–Trinajstić information content (AvgIpc) is 3.22. The van der Waals surface area contributed by atoms with Crippen molar-refractivity contribution in [2.45, 2.75) is 18.9 Å². The second kappa shape index (κ2) is 6.51. The highest BCUT2D eigenvalue weighted by Gasteiger charge is 2.33. The molecule has 114 valence electrons. The smallest absolute Gasteiger partial charge is 0.337 e. The van der Waals surface area contributed by atoms with Gasteiger partial charge >= 0.3 is 12.0 Å². The highest BCUT2D eigenvalue weighted by molar-refractivity contribution is 6.37. The topological polar surface area (TPSA) is 89.9 Å². The number of halogens is 2. The van der Waals surface area contributed by atoms with Crippen LogP contribution in [0, 0.1) is 0 Å². The van der Waals surface area contributed by atoms with Gasteiger partial charge in [-0.25, -0.2) is 9.59 Å². The van der Waals surface area contributed by atoms with Crippen LogP contribution in [0.1, 0.15) is 23.2 Å². The molecule has 0 aromatic heterocycles. The van der Waals surface area contributed by atoms with Crippen molar-refractivity contribution in [3.8, 4) is 0 Å². The Kier molecular flexibility index (Phi) is 4.92. The first-order valence-electron chi connectivity index (χ1n) is 6.35. The van der Waals surface area contributed by atoms with Crippen LogP contribution in [-0.2, 0) is 0 Å². The summed E-state index contributed by atoms with van der Waals surface area (Å²) in [5.74, 6) is -1.24. The van der Waals surface area contributed by atoms with Crippen molar-refractivity contribution in [1.29, 1.82) is 0 Å². The lowest BCUT2D eigenvalue weighted by Gasteiger charge is -2.22. The van der Waals surface area contributed by atoms with E-state index in [4.69, 9.17) is 33.4 Å². The van der Waals surface area contributed by atoms with E-state index >= 15 is 0 Å². The number of carboxylic acid groups (broad SMARTS) is 1. The molecule has 1 aromatic carbocycles. The molecular formula is C13H14Cl2N2O4. The van der Waals surface area contributed by atoms with Crippen LogP contribution in [-0.4, -0.2) is 46.3 Å². The standard InChI is InChI=1S/C13H14Cl2N2O4/c14-7-5-9(12(19)20)11(10(15)6-7)16-13(21)17(3-4-18)8-1-2-8/h5-6,8,18H,1-4H2,(H,16,21)(H,19,20). The maximum Gasteiger partial charge on any atom is 0.337 e. The van der Waals surface area contributed by atoms with E-state index in [1.807, 2.05) is 0 Å². The molecule has 1 aliphatic rings. The number of carbonyl (C=O) groups excluding carboxylic acids is 1. The molecule has 0 spiro atoms. The molecule has 0 atom stereocenters. The number of anilines is 1. The van der Waals surface area contributed by atoms with E-state index in [9.17, 15) is 9.59 Å². The Hall–Kier alpha value is -1.50. The van der Waals surface area contributed by atoms with Crippen molar-refractivity contribution in [1.82, 2.24) is 4.90 Å². The number of hydrogen-bond donors (Lipinski definition) is 3. The Morgan fingerprint density at radius 2 is 2.00 bits per heavy atom. The van der Waals surface area contributed by atoms with E-state index < -0.39 is 12.0 Å². The minimum Gasteiger partial charge on any atom is -0.478 e. The summed E-state index contributed by atoms with van der Waals surface area (Å²) >= 11 is 11.7. The normalized spacial score (nSPS) is 13.9. The molecule has 1 aliphatic carbocycles. The number of rotatable bonds is 5. The number of nitrogens with one attached hydrogen (secondary N) is 1. The third-order valence-corrected chi connectivity index (χ3v) is 3.62. The van der Waals surface area contributed by atoms with Crippen LogP contribution in [0.3, 0.4) is 0 Å². The molecule has 0 saturated heterocycles. The molecule has 2 rings (SSSR count). The van der Waals surface area contributed by atoms with Crippen LogP contribution in [0.25, 0.3) is 0 Å². The van der Waals surface area contributed by atoms with E-state index in [2.05, 4.69) is 5.32 Å². The first-order chi connectivity index (χ1) is 9.93. The molecule has 0 unspecified atom stereocenters. The molecule has 2 amide bonds. The lowest BCUT2D eigenvalue weighted by molar-refractivity contribution is 0.0698. The molecule has 0 aliphatic heterocycles. The van der Waals surface area contributed by atoms with Gasteiger partial charge in [0.2, 0.25) is 0 Å². The predicted molar refractivity (Wildman–Crippen MR) is 79.3 cm³/mol. The van der Waals surface area contributed by atoms with E-state index in [0.717, 1.165) is 12.8 Å². The third kappa shape index (κ3) is 3.78. The predicted octanol–water partition coefficient (Wildman–Crippen LogP) is 2.68. The number of nitrogens with zero attached hydrogens (tertiary/aromatic N) is 1. The highest BCUT2D eigenvalue weighted by atomic mass is 35.5. The lowest BCUT2D eigenvalue weighted by Crippen LogP contribution is -2.39. The Labute approximate surface area is 131 Å². The summed E-state index contributed by atoms with van der Waals surface area (Å²) in [5.41, 5.74) is -0.178. The zero-order chi connectivity index (χ0) is 15.6. The van der Waals surface area contributed by atoms with Gasteiger partial charge in [0.1, 0.15) is 0 Å². The largest absolute Gasteiger partial charge is 0.478 e.